The Morgan fingerprint density at radius 3 is 2.34 bits per heavy atom. The Kier molecular flexibility index (Phi) is 13.6. The number of rotatable bonds is 8. The lowest BCUT2D eigenvalue weighted by Crippen LogP contribution is -2.33. The van der Waals surface area contributed by atoms with Gasteiger partial charge < -0.3 is 4.74 Å². The van der Waals surface area contributed by atoms with E-state index >= 15 is 0 Å². The SMILES string of the molecule is Cl.Cl.Cl.O=C(CCC1CCN(Cc2cccnc2)CC1)c1ccc2c(c1)CN(Cc1ccccc1)CCO2. The molecule has 206 valence electrons. The average Bonchev–Trinajstić information content (AvgIpc) is 3.10. The lowest BCUT2D eigenvalue weighted by Gasteiger charge is -2.31. The lowest BCUT2D eigenvalue weighted by atomic mass is 9.90. The number of benzene rings is 2. The molecule has 8 heteroatoms. The van der Waals surface area contributed by atoms with E-state index in [1.165, 1.54) is 24.0 Å². The molecule has 38 heavy (non-hydrogen) atoms. The molecular formula is C30H38Cl3N3O2. The summed E-state index contributed by atoms with van der Waals surface area (Å²) in [5.41, 5.74) is 4.52. The summed E-state index contributed by atoms with van der Waals surface area (Å²) in [6.07, 6.45) is 7.72. The van der Waals surface area contributed by atoms with Gasteiger partial charge in [0, 0.05) is 56.1 Å². The summed E-state index contributed by atoms with van der Waals surface area (Å²) in [6, 6.07) is 20.7. The number of fused-ring (bicyclic) bond motifs is 1. The van der Waals surface area contributed by atoms with Crippen molar-refractivity contribution in [2.24, 2.45) is 5.92 Å². The summed E-state index contributed by atoms with van der Waals surface area (Å²) < 4.78 is 6.00. The van der Waals surface area contributed by atoms with Crippen molar-refractivity contribution in [3.05, 3.63) is 95.3 Å². The Balaban J connectivity index is 0.00000169. The number of likely N-dealkylation sites (tertiary alicyclic amines) is 1. The summed E-state index contributed by atoms with van der Waals surface area (Å²) in [4.78, 5) is 22.2. The van der Waals surface area contributed by atoms with Crippen molar-refractivity contribution in [2.45, 2.75) is 45.3 Å². The van der Waals surface area contributed by atoms with E-state index in [1.54, 1.807) is 0 Å². The quantitative estimate of drug-likeness (QED) is 0.281. The van der Waals surface area contributed by atoms with Crippen LogP contribution in [0.4, 0.5) is 0 Å². The monoisotopic (exact) mass is 577 g/mol. The third kappa shape index (κ3) is 8.96. The number of carbonyl (C=O) groups excluding carboxylic acids is 1. The number of aromatic nitrogens is 1. The number of hydrogen-bond acceptors (Lipinski definition) is 5. The van der Waals surface area contributed by atoms with E-state index < -0.39 is 0 Å². The van der Waals surface area contributed by atoms with Crippen molar-refractivity contribution in [1.29, 1.82) is 0 Å². The van der Waals surface area contributed by atoms with Crippen molar-refractivity contribution in [3.63, 3.8) is 0 Å². The van der Waals surface area contributed by atoms with Gasteiger partial charge in [-0.2, -0.15) is 0 Å². The number of ketones is 1. The maximum atomic E-state index is 13.1. The van der Waals surface area contributed by atoms with Crippen molar-refractivity contribution < 1.29 is 9.53 Å². The minimum atomic E-state index is 0. The van der Waals surface area contributed by atoms with Crippen molar-refractivity contribution in [2.75, 3.05) is 26.2 Å². The van der Waals surface area contributed by atoms with Crippen molar-refractivity contribution >= 4 is 43.0 Å². The molecule has 2 aliphatic rings. The predicted octanol–water partition coefficient (Wildman–Crippen LogP) is 6.62. The van der Waals surface area contributed by atoms with Gasteiger partial charge in [0.2, 0.25) is 0 Å². The zero-order valence-corrected chi connectivity index (χ0v) is 24.1. The van der Waals surface area contributed by atoms with Crippen LogP contribution in [0, 0.1) is 5.92 Å². The number of nitrogens with zero attached hydrogens (tertiary/aromatic N) is 3. The van der Waals surface area contributed by atoms with Crippen molar-refractivity contribution in [1.82, 2.24) is 14.8 Å². The third-order valence-corrected chi connectivity index (χ3v) is 7.31. The van der Waals surface area contributed by atoms with Gasteiger partial charge in [-0.05, 0) is 73.7 Å². The molecule has 1 fully saturated rings. The zero-order chi connectivity index (χ0) is 23.9. The molecule has 2 aliphatic heterocycles. The molecule has 2 aromatic carbocycles. The molecule has 3 aromatic rings. The number of carbonyl (C=O) groups is 1. The molecule has 0 unspecified atom stereocenters. The summed E-state index contributed by atoms with van der Waals surface area (Å²) in [6.45, 7) is 6.42. The molecule has 0 atom stereocenters. The van der Waals surface area contributed by atoms with Gasteiger partial charge in [0.1, 0.15) is 12.4 Å². The molecule has 0 bridgehead atoms. The van der Waals surface area contributed by atoms with Gasteiger partial charge in [-0.25, -0.2) is 0 Å². The van der Waals surface area contributed by atoms with E-state index in [4.69, 9.17) is 4.74 Å². The van der Waals surface area contributed by atoms with E-state index in [0.717, 1.165) is 62.6 Å². The molecule has 1 saturated heterocycles. The van der Waals surface area contributed by atoms with Crippen LogP contribution in [0.5, 0.6) is 5.75 Å². The largest absolute Gasteiger partial charge is 0.492 e. The second kappa shape index (κ2) is 16.1. The van der Waals surface area contributed by atoms with Gasteiger partial charge in [-0.1, -0.05) is 36.4 Å². The van der Waals surface area contributed by atoms with Crippen LogP contribution in [0.1, 0.15) is 52.7 Å². The Morgan fingerprint density at radius 1 is 0.868 bits per heavy atom. The van der Waals surface area contributed by atoms with Crippen LogP contribution >= 0.6 is 37.2 Å². The fraction of sp³-hybridized carbons (Fsp3) is 0.400. The molecule has 0 radical (unpaired) electrons. The van der Waals surface area contributed by atoms with E-state index in [0.29, 0.717) is 18.9 Å². The van der Waals surface area contributed by atoms with E-state index in [-0.39, 0.29) is 43.0 Å². The van der Waals surface area contributed by atoms with Crippen LogP contribution in [0.25, 0.3) is 0 Å². The number of ether oxygens (including phenoxy) is 1. The second-order valence-electron chi connectivity index (χ2n) is 9.91. The van der Waals surface area contributed by atoms with Gasteiger partial charge >= 0.3 is 0 Å². The standard InChI is InChI=1S/C30H35N3O2.3ClH/c34-29(10-8-24-12-15-32(16-13-24)22-26-7-4-14-31-20-26)27-9-11-30-28(19-27)23-33(17-18-35-30)21-25-5-2-1-3-6-25;;;/h1-7,9,11,14,19-20,24H,8,10,12-13,15-18,21-23H2;3*1H. The number of piperidine rings is 1. The maximum Gasteiger partial charge on any atom is 0.162 e. The molecule has 0 spiro atoms. The maximum absolute atomic E-state index is 13.1. The fourth-order valence-corrected chi connectivity index (χ4v) is 5.26. The van der Waals surface area contributed by atoms with Crippen molar-refractivity contribution in [3.8, 4) is 5.75 Å². The molecule has 0 amide bonds. The summed E-state index contributed by atoms with van der Waals surface area (Å²) >= 11 is 0. The number of Topliss-reactive ketones (excluding diaryl/α,β-unsaturated/α-hetero) is 1. The first kappa shape index (κ1) is 32.1. The Bertz CT molecular complexity index is 1110. The molecule has 0 saturated carbocycles. The molecule has 0 N–H and O–H groups in total. The van der Waals surface area contributed by atoms with E-state index in [9.17, 15) is 4.79 Å². The minimum absolute atomic E-state index is 0. The molecule has 5 nitrogen and oxygen atoms in total. The Morgan fingerprint density at radius 2 is 1.61 bits per heavy atom. The molecule has 0 aliphatic carbocycles. The minimum Gasteiger partial charge on any atom is -0.492 e. The number of pyridine rings is 1. The average molecular weight is 579 g/mol. The van der Waals surface area contributed by atoms with E-state index in [2.05, 4.69) is 51.2 Å². The topological polar surface area (TPSA) is 45.7 Å². The molecule has 3 heterocycles. The van der Waals surface area contributed by atoms with E-state index in [1.807, 2.05) is 36.7 Å². The first-order chi connectivity index (χ1) is 17.2. The lowest BCUT2D eigenvalue weighted by molar-refractivity contribution is 0.0961. The molecular weight excluding hydrogens is 541 g/mol. The van der Waals surface area contributed by atoms with Gasteiger partial charge in [-0.15, -0.1) is 37.2 Å². The van der Waals surface area contributed by atoms with Gasteiger partial charge in [0.15, 0.2) is 5.78 Å². The highest BCUT2D eigenvalue weighted by Gasteiger charge is 2.22. The highest BCUT2D eigenvalue weighted by atomic mass is 35.5. The van der Waals surface area contributed by atoms with Crippen LogP contribution in [0.15, 0.2) is 73.1 Å². The smallest absolute Gasteiger partial charge is 0.162 e. The zero-order valence-electron chi connectivity index (χ0n) is 21.7. The van der Waals surface area contributed by atoms with Crippen LogP contribution < -0.4 is 4.74 Å². The third-order valence-electron chi connectivity index (χ3n) is 7.31. The van der Waals surface area contributed by atoms with Gasteiger partial charge in [-0.3, -0.25) is 19.6 Å². The van der Waals surface area contributed by atoms with Crippen LogP contribution in [0.3, 0.4) is 0 Å². The van der Waals surface area contributed by atoms with Crippen LogP contribution in [0.2, 0.25) is 0 Å². The second-order valence-corrected chi connectivity index (χ2v) is 9.91. The number of hydrogen-bond donors (Lipinski definition) is 0. The Labute approximate surface area is 245 Å². The summed E-state index contributed by atoms with van der Waals surface area (Å²) in [7, 11) is 0. The highest BCUT2D eigenvalue weighted by molar-refractivity contribution is 5.96. The van der Waals surface area contributed by atoms with Gasteiger partial charge in [0.25, 0.3) is 0 Å². The normalized spacial score (nSPS) is 16.0. The molecule has 5 rings (SSSR count). The first-order valence-electron chi connectivity index (χ1n) is 12.9. The first-order valence-corrected chi connectivity index (χ1v) is 12.9. The molecule has 1 aromatic heterocycles. The fourth-order valence-electron chi connectivity index (χ4n) is 5.26. The highest BCUT2D eigenvalue weighted by Crippen LogP contribution is 2.28. The summed E-state index contributed by atoms with van der Waals surface area (Å²) in [5.74, 6) is 1.80. The van der Waals surface area contributed by atoms with Gasteiger partial charge in [0.05, 0.1) is 0 Å². The summed E-state index contributed by atoms with van der Waals surface area (Å²) in [5, 5.41) is 0. The van der Waals surface area contributed by atoms with Crippen LogP contribution in [-0.2, 0) is 19.6 Å². The van der Waals surface area contributed by atoms with Crippen LogP contribution in [-0.4, -0.2) is 46.8 Å². The predicted molar refractivity (Wildman–Crippen MR) is 160 cm³/mol. The Hall–Kier alpha value is -2.15. The number of halogens is 3.